The van der Waals surface area contributed by atoms with E-state index >= 15 is 0 Å². The molecule has 0 spiro atoms. The lowest BCUT2D eigenvalue weighted by Gasteiger charge is -2.40. The molecule has 2 atom stereocenters. The SMILES string of the molecule is O=C(N[C@@H]1CN(C(=O)C2CCC2)CC[C@@H]1CO)c1cccnc1. The average molecular weight is 317 g/mol. The second-order valence-electron chi connectivity index (χ2n) is 6.47. The normalized spacial score (nSPS) is 24.8. The molecule has 2 aliphatic rings. The van der Waals surface area contributed by atoms with Crippen LogP contribution in [0.5, 0.6) is 0 Å². The molecule has 0 bridgehead atoms. The first-order valence-electron chi connectivity index (χ1n) is 8.29. The van der Waals surface area contributed by atoms with Crippen LogP contribution in [0.1, 0.15) is 36.0 Å². The van der Waals surface area contributed by atoms with Crippen molar-refractivity contribution in [1.29, 1.82) is 0 Å². The van der Waals surface area contributed by atoms with E-state index in [1.165, 1.54) is 6.20 Å². The van der Waals surface area contributed by atoms with E-state index in [0.29, 0.717) is 25.1 Å². The van der Waals surface area contributed by atoms with Crippen LogP contribution in [0.25, 0.3) is 0 Å². The minimum Gasteiger partial charge on any atom is -0.396 e. The van der Waals surface area contributed by atoms with Crippen molar-refractivity contribution in [1.82, 2.24) is 15.2 Å². The van der Waals surface area contributed by atoms with E-state index in [1.54, 1.807) is 18.3 Å². The molecule has 1 aliphatic heterocycles. The Morgan fingerprint density at radius 1 is 1.35 bits per heavy atom. The molecule has 1 saturated carbocycles. The minimum atomic E-state index is -0.217. The van der Waals surface area contributed by atoms with Gasteiger partial charge in [0.1, 0.15) is 0 Å². The molecule has 23 heavy (non-hydrogen) atoms. The first-order chi connectivity index (χ1) is 11.2. The molecule has 2 heterocycles. The number of rotatable bonds is 4. The number of hydrogen-bond donors (Lipinski definition) is 2. The third-order valence-electron chi connectivity index (χ3n) is 5.00. The quantitative estimate of drug-likeness (QED) is 0.861. The fourth-order valence-electron chi connectivity index (χ4n) is 3.25. The van der Waals surface area contributed by atoms with Crippen LogP contribution in [0.4, 0.5) is 0 Å². The third-order valence-corrected chi connectivity index (χ3v) is 5.00. The molecule has 2 fully saturated rings. The Hall–Kier alpha value is -1.95. The minimum absolute atomic E-state index is 0.0129. The van der Waals surface area contributed by atoms with Crippen LogP contribution in [-0.2, 0) is 4.79 Å². The molecular weight excluding hydrogens is 294 g/mol. The van der Waals surface area contributed by atoms with E-state index in [4.69, 9.17) is 0 Å². The smallest absolute Gasteiger partial charge is 0.253 e. The Kier molecular flexibility index (Phi) is 4.91. The summed E-state index contributed by atoms with van der Waals surface area (Å²) in [6.45, 7) is 1.16. The summed E-state index contributed by atoms with van der Waals surface area (Å²) in [6, 6.07) is 3.20. The number of pyridine rings is 1. The molecule has 2 N–H and O–H groups in total. The van der Waals surface area contributed by atoms with Crippen molar-refractivity contribution in [3.63, 3.8) is 0 Å². The summed E-state index contributed by atoms with van der Waals surface area (Å²) >= 11 is 0. The number of piperidine rings is 1. The highest BCUT2D eigenvalue weighted by Crippen LogP contribution is 2.30. The molecule has 2 amide bonds. The van der Waals surface area contributed by atoms with Gasteiger partial charge in [-0.15, -0.1) is 0 Å². The van der Waals surface area contributed by atoms with E-state index < -0.39 is 0 Å². The predicted molar refractivity (Wildman–Crippen MR) is 84.6 cm³/mol. The predicted octanol–water partition coefficient (Wildman–Crippen LogP) is 0.821. The highest BCUT2D eigenvalue weighted by molar-refractivity contribution is 5.94. The van der Waals surface area contributed by atoms with Crippen LogP contribution in [0.2, 0.25) is 0 Å². The van der Waals surface area contributed by atoms with Gasteiger partial charge in [-0.1, -0.05) is 6.42 Å². The number of aliphatic hydroxyl groups excluding tert-OH is 1. The van der Waals surface area contributed by atoms with Crippen LogP contribution in [0.15, 0.2) is 24.5 Å². The molecule has 3 rings (SSSR count). The maximum absolute atomic E-state index is 12.4. The van der Waals surface area contributed by atoms with Gasteiger partial charge in [-0.25, -0.2) is 0 Å². The summed E-state index contributed by atoms with van der Waals surface area (Å²) in [7, 11) is 0. The van der Waals surface area contributed by atoms with Crippen molar-refractivity contribution in [2.24, 2.45) is 11.8 Å². The first kappa shape index (κ1) is 15.9. The maximum Gasteiger partial charge on any atom is 0.253 e. The molecule has 1 aromatic rings. The molecule has 6 heteroatoms. The lowest BCUT2D eigenvalue weighted by molar-refractivity contribution is -0.140. The zero-order valence-corrected chi connectivity index (χ0v) is 13.1. The second kappa shape index (κ2) is 7.08. The van der Waals surface area contributed by atoms with Crippen LogP contribution < -0.4 is 5.32 Å². The molecular formula is C17H23N3O3. The van der Waals surface area contributed by atoms with Gasteiger partial charge in [0.25, 0.3) is 5.91 Å². The highest BCUT2D eigenvalue weighted by atomic mass is 16.3. The number of carbonyl (C=O) groups is 2. The number of carbonyl (C=O) groups excluding carboxylic acids is 2. The number of nitrogens with one attached hydrogen (secondary N) is 1. The van der Waals surface area contributed by atoms with Crippen molar-refractivity contribution in [2.45, 2.75) is 31.7 Å². The Morgan fingerprint density at radius 2 is 2.17 bits per heavy atom. The van der Waals surface area contributed by atoms with Gasteiger partial charge < -0.3 is 15.3 Å². The monoisotopic (exact) mass is 317 g/mol. The van der Waals surface area contributed by atoms with E-state index in [0.717, 1.165) is 19.3 Å². The first-order valence-corrected chi connectivity index (χ1v) is 8.29. The number of nitrogens with zero attached hydrogens (tertiary/aromatic N) is 2. The molecule has 124 valence electrons. The molecule has 0 unspecified atom stereocenters. The van der Waals surface area contributed by atoms with Gasteiger partial charge >= 0.3 is 0 Å². The highest BCUT2D eigenvalue weighted by Gasteiger charge is 2.36. The van der Waals surface area contributed by atoms with Crippen LogP contribution in [0.3, 0.4) is 0 Å². The zero-order chi connectivity index (χ0) is 16.2. The molecule has 0 radical (unpaired) electrons. The van der Waals surface area contributed by atoms with Crippen molar-refractivity contribution in [3.05, 3.63) is 30.1 Å². The number of amides is 2. The van der Waals surface area contributed by atoms with Gasteiger partial charge in [0.2, 0.25) is 5.91 Å². The summed E-state index contributed by atoms with van der Waals surface area (Å²) in [5.74, 6) is 0.143. The second-order valence-corrected chi connectivity index (χ2v) is 6.47. The fraction of sp³-hybridized carbons (Fsp3) is 0.588. The summed E-state index contributed by atoms with van der Waals surface area (Å²) in [5.41, 5.74) is 0.492. The van der Waals surface area contributed by atoms with Crippen molar-refractivity contribution in [3.8, 4) is 0 Å². The van der Waals surface area contributed by atoms with E-state index in [2.05, 4.69) is 10.3 Å². The van der Waals surface area contributed by atoms with Gasteiger partial charge in [-0.05, 0) is 31.4 Å². The van der Waals surface area contributed by atoms with Gasteiger partial charge in [-0.3, -0.25) is 14.6 Å². The maximum atomic E-state index is 12.4. The topological polar surface area (TPSA) is 82.5 Å². The average Bonchev–Trinajstić information content (AvgIpc) is 2.54. The largest absolute Gasteiger partial charge is 0.396 e. The van der Waals surface area contributed by atoms with E-state index in [-0.39, 0.29) is 36.3 Å². The Balaban J connectivity index is 1.64. The van der Waals surface area contributed by atoms with Crippen molar-refractivity contribution in [2.75, 3.05) is 19.7 Å². The molecule has 1 saturated heterocycles. The Bertz CT molecular complexity index is 559. The van der Waals surface area contributed by atoms with Gasteiger partial charge in [0.05, 0.1) is 11.6 Å². The van der Waals surface area contributed by atoms with Gasteiger partial charge in [-0.2, -0.15) is 0 Å². The Morgan fingerprint density at radius 3 is 2.78 bits per heavy atom. The van der Waals surface area contributed by atoms with Crippen LogP contribution in [-0.4, -0.2) is 52.5 Å². The summed E-state index contributed by atoms with van der Waals surface area (Å²) in [6.07, 6.45) is 6.94. The molecule has 0 aromatic carbocycles. The standard InChI is InChI=1S/C17H23N3O3/c21-11-14-6-8-20(17(23)12-3-1-4-12)10-15(14)19-16(22)13-5-2-7-18-9-13/h2,5,7,9,12,14-15,21H,1,3-4,6,8,10-11H2,(H,19,22)/t14-,15-/m1/s1. The Labute approximate surface area is 135 Å². The lowest BCUT2D eigenvalue weighted by atomic mass is 9.83. The fourth-order valence-corrected chi connectivity index (χ4v) is 3.25. The van der Waals surface area contributed by atoms with Crippen LogP contribution in [0, 0.1) is 11.8 Å². The lowest BCUT2D eigenvalue weighted by Crippen LogP contribution is -2.56. The number of likely N-dealkylation sites (tertiary alicyclic amines) is 1. The summed E-state index contributed by atoms with van der Waals surface area (Å²) in [4.78, 5) is 30.5. The zero-order valence-electron chi connectivity index (χ0n) is 13.1. The van der Waals surface area contributed by atoms with Gasteiger partial charge in [0, 0.05) is 43.9 Å². The van der Waals surface area contributed by atoms with Crippen molar-refractivity contribution >= 4 is 11.8 Å². The van der Waals surface area contributed by atoms with E-state index in [1.807, 2.05) is 4.90 Å². The van der Waals surface area contributed by atoms with Gasteiger partial charge in [0.15, 0.2) is 0 Å². The number of hydrogen-bond acceptors (Lipinski definition) is 4. The number of aromatic nitrogens is 1. The molecule has 6 nitrogen and oxygen atoms in total. The molecule has 1 aromatic heterocycles. The summed E-state index contributed by atoms with van der Waals surface area (Å²) < 4.78 is 0. The molecule has 1 aliphatic carbocycles. The third kappa shape index (κ3) is 3.52. The number of aliphatic hydroxyl groups is 1. The van der Waals surface area contributed by atoms with E-state index in [9.17, 15) is 14.7 Å². The van der Waals surface area contributed by atoms with Crippen molar-refractivity contribution < 1.29 is 14.7 Å². The van der Waals surface area contributed by atoms with Crippen LogP contribution >= 0.6 is 0 Å². The summed E-state index contributed by atoms with van der Waals surface area (Å²) in [5, 5.41) is 12.5.